The molecule has 2 aliphatic rings. The Labute approximate surface area is 211 Å². The number of aromatic nitrogens is 4. The largest absolute Gasteiger partial charge is 0.437 e. The highest BCUT2D eigenvalue weighted by Crippen LogP contribution is 2.37. The molecule has 0 atom stereocenters. The minimum atomic E-state index is 0.0184. The van der Waals surface area contributed by atoms with Gasteiger partial charge in [0.15, 0.2) is 0 Å². The molecular weight excluding hydrogens is 524 g/mol. The minimum Gasteiger partial charge on any atom is -0.437 e. The second kappa shape index (κ2) is 10.2. The number of halogens is 2. The molecule has 1 aromatic carbocycles. The molecule has 2 fully saturated rings. The van der Waals surface area contributed by atoms with Gasteiger partial charge in [-0.3, -0.25) is 9.69 Å². The van der Waals surface area contributed by atoms with Crippen LogP contribution in [0, 0.1) is 5.92 Å². The lowest BCUT2D eigenvalue weighted by atomic mass is 10.2. The first kappa shape index (κ1) is 23.5. The van der Waals surface area contributed by atoms with Gasteiger partial charge < -0.3 is 14.4 Å². The van der Waals surface area contributed by atoms with E-state index in [1.54, 1.807) is 6.20 Å². The summed E-state index contributed by atoms with van der Waals surface area (Å²) in [6.45, 7) is 4.45. The molecule has 1 saturated carbocycles. The fourth-order valence-corrected chi connectivity index (χ4v) is 4.81. The Morgan fingerprint density at radius 3 is 2.76 bits per heavy atom. The van der Waals surface area contributed by atoms with Crippen LogP contribution in [0.25, 0.3) is 11.0 Å². The van der Waals surface area contributed by atoms with E-state index in [2.05, 4.69) is 36.1 Å². The van der Waals surface area contributed by atoms with Crippen LogP contribution in [-0.2, 0) is 22.6 Å². The highest BCUT2D eigenvalue weighted by Gasteiger charge is 2.25. The monoisotopic (exact) mass is 548 g/mol. The number of hydrogen-bond donors (Lipinski definition) is 0. The fraction of sp³-hybridized carbons (Fsp3) is 0.478. The van der Waals surface area contributed by atoms with E-state index in [0.29, 0.717) is 42.2 Å². The van der Waals surface area contributed by atoms with Crippen LogP contribution in [0.4, 0.5) is 0 Å². The Balaban J connectivity index is 1.31. The third-order valence-corrected chi connectivity index (χ3v) is 7.18. The number of carbonyl (C=O) groups is 1. The van der Waals surface area contributed by atoms with Crippen molar-refractivity contribution >= 4 is 44.5 Å². The zero-order chi connectivity index (χ0) is 23.7. The van der Waals surface area contributed by atoms with E-state index in [9.17, 15) is 4.79 Å². The third-order valence-electron chi connectivity index (χ3n) is 6.20. The van der Waals surface area contributed by atoms with Gasteiger partial charge in [-0.1, -0.05) is 16.8 Å². The average molecular weight is 550 g/mol. The van der Waals surface area contributed by atoms with Crippen LogP contribution < -0.4 is 4.74 Å². The van der Waals surface area contributed by atoms with Gasteiger partial charge in [0.25, 0.3) is 0 Å². The third kappa shape index (κ3) is 5.19. The van der Waals surface area contributed by atoms with E-state index < -0.39 is 0 Å². The first-order valence-electron chi connectivity index (χ1n) is 11.3. The molecule has 3 aromatic rings. The first-order valence-corrected chi connectivity index (χ1v) is 12.5. The number of carbonyl (C=O) groups excluding carboxylic acids is 1. The number of hydrogen-bond acceptors (Lipinski definition) is 7. The predicted octanol–water partition coefficient (Wildman–Crippen LogP) is 3.74. The Hall–Kier alpha value is -2.27. The van der Waals surface area contributed by atoms with Crippen molar-refractivity contribution in [1.29, 1.82) is 0 Å². The van der Waals surface area contributed by atoms with Gasteiger partial charge in [-0.25, -0.2) is 9.67 Å². The van der Waals surface area contributed by atoms with Gasteiger partial charge in [0.1, 0.15) is 17.9 Å². The van der Waals surface area contributed by atoms with Crippen LogP contribution >= 0.6 is 27.5 Å². The van der Waals surface area contributed by atoms with Crippen molar-refractivity contribution in [3.05, 3.63) is 39.5 Å². The maximum Gasteiger partial charge on any atom is 0.248 e. The van der Waals surface area contributed by atoms with Gasteiger partial charge >= 0.3 is 0 Å². The molecule has 9 nitrogen and oxygen atoms in total. The van der Waals surface area contributed by atoms with Gasteiger partial charge in [0, 0.05) is 58.1 Å². The summed E-state index contributed by atoms with van der Waals surface area (Å²) < 4.78 is 13.9. The quantitative estimate of drug-likeness (QED) is 0.423. The number of benzene rings is 1. The van der Waals surface area contributed by atoms with E-state index in [0.717, 1.165) is 40.7 Å². The van der Waals surface area contributed by atoms with E-state index >= 15 is 0 Å². The fourth-order valence-electron chi connectivity index (χ4n) is 4.13. The van der Waals surface area contributed by atoms with E-state index in [1.165, 1.54) is 20.0 Å². The van der Waals surface area contributed by atoms with Crippen LogP contribution in [0.15, 0.2) is 28.9 Å². The summed E-state index contributed by atoms with van der Waals surface area (Å²) in [5.74, 6) is 1.84. The summed E-state index contributed by atoms with van der Waals surface area (Å²) in [7, 11) is 1.54. The van der Waals surface area contributed by atoms with Gasteiger partial charge in [-0.2, -0.15) is 0 Å². The lowest BCUT2D eigenvalue weighted by Gasteiger charge is -2.34. The Morgan fingerprint density at radius 2 is 2.03 bits per heavy atom. The van der Waals surface area contributed by atoms with Crippen molar-refractivity contribution in [3.8, 4) is 11.6 Å². The number of rotatable bonds is 8. The highest BCUT2D eigenvalue weighted by atomic mass is 79.9. The number of amides is 1. The maximum absolute atomic E-state index is 12.1. The average Bonchev–Trinajstić information content (AvgIpc) is 3.56. The smallest absolute Gasteiger partial charge is 0.248 e. The molecule has 1 aliphatic heterocycles. The summed E-state index contributed by atoms with van der Waals surface area (Å²) in [6, 6.07) is 5.79. The number of fused-ring (bicyclic) bond motifs is 1. The number of nitrogens with zero attached hydrogens (tertiary/aromatic N) is 6. The van der Waals surface area contributed by atoms with E-state index in [1.807, 2.05) is 27.8 Å². The van der Waals surface area contributed by atoms with Gasteiger partial charge in [-0.15, -0.1) is 5.10 Å². The maximum atomic E-state index is 12.1. The molecule has 34 heavy (non-hydrogen) atoms. The zero-order valence-electron chi connectivity index (χ0n) is 18.9. The van der Waals surface area contributed by atoms with Crippen molar-refractivity contribution in [2.75, 3.05) is 39.9 Å². The topological polar surface area (TPSA) is 85.6 Å². The Morgan fingerprint density at radius 1 is 1.24 bits per heavy atom. The van der Waals surface area contributed by atoms with Crippen molar-refractivity contribution in [2.45, 2.75) is 25.9 Å². The van der Waals surface area contributed by atoms with Crippen molar-refractivity contribution in [2.24, 2.45) is 5.92 Å². The number of piperazine rings is 1. The minimum absolute atomic E-state index is 0.0184. The number of pyridine rings is 1. The van der Waals surface area contributed by atoms with Crippen LogP contribution in [0.1, 0.15) is 18.4 Å². The molecule has 2 aromatic heterocycles. The number of methoxy groups -OCH3 is 1. The van der Waals surface area contributed by atoms with Crippen molar-refractivity contribution < 1.29 is 14.3 Å². The summed E-state index contributed by atoms with van der Waals surface area (Å²) >= 11 is 9.91. The molecule has 0 spiro atoms. The molecule has 1 amide bonds. The van der Waals surface area contributed by atoms with E-state index in [-0.39, 0.29) is 12.5 Å². The molecule has 0 unspecified atom stereocenters. The summed E-state index contributed by atoms with van der Waals surface area (Å²) in [5, 5.41) is 9.24. The summed E-state index contributed by atoms with van der Waals surface area (Å²) in [4.78, 5) is 20.6. The van der Waals surface area contributed by atoms with Crippen LogP contribution in [0.5, 0.6) is 11.6 Å². The molecule has 0 bridgehead atoms. The van der Waals surface area contributed by atoms with Crippen LogP contribution in [-0.4, -0.2) is 75.6 Å². The molecular formula is C23H26BrClN6O3. The molecule has 3 heterocycles. The second-order valence-corrected chi connectivity index (χ2v) is 10.00. The molecule has 0 radical (unpaired) electrons. The van der Waals surface area contributed by atoms with Gasteiger partial charge in [-0.05, 0) is 52.9 Å². The highest BCUT2D eigenvalue weighted by molar-refractivity contribution is 9.10. The second-order valence-electron chi connectivity index (χ2n) is 8.77. The molecule has 1 aliphatic carbocycles. The number of ether oxygens (including phenoxy) is 2. The van der Waals surface area contributed by atoms with Gasteiger partial charge in [0.2, 0.25) is 11.8 Å². The molecule has 0 N–H and O–H groups in total. The lowest BCUT2D eigenvalue weighted by molar-refractivity contribution is -0.136. The van der Waals surface area contributed by atoms with Crippen molar-refractivity contribution in [3.63, 3.8) is 0 Å². The summed E-state index contributed by atoms with van der Waals surface area (Å²) in [5.41, 5.74) is 2.63. The van der Waals surface area contributed by atoms with Gasteiger partial charge in [0.05, 0.1) is 15.0 Å². The molecule has 11 heteroatoms. The van der Waals surface area contributed by atoms with Crippen molar-refractivity contribution in [1.82, 2.24) is 29.8 Å². The predicted molar refractivity (Wildman–Crippen MR) is 131 cm³/mol. The van der Waals surface area contributed by atoms with Crippen LogP contribution in [0.2, 0.25) is 5.02 Å². The first-order chi connectivity index (χ1) is 16.5. The molecule has 1 saturated heterocycles. The Bertz CT molecular complexity index is 1190. The lowest BCUT2D eigenvalue weighted by Crippen LogP contribution is -2.49. The SMILES string of the molecule is COCC(=O)N1CCN(Cc2cc(Cl)cnc2Oc2ccc3c(nnn3CC3CC3)c2Br)CC1. The normalized spacial score (nSPS) is 16.9. The Kier molecular flexibility index (Phi) is 7.01. The standard InChI is InChI=1S/C23H26BrClN6O3/c1-33-14-20(32)30-8-6-29(7-9-30)13-16-10-17(25)11-26-23(16)34-19-5-4-18-22(21(19)24)27-28-31(18)12-15-2-3-15/h4-5,10-11,15H,2-3,6-9,12-14H2,1H3. The molecule has 180 valence electrons. The summed E-state index contributed by atoms with van der Waals surface area (Å²) in [6.07, 6.45) is 4.10. The van der Waals surface area contributed by atoms with E-state index in [4.69, 9.17) is 21.1 Å². The molecule has 5 rings (SSSR count). The zero-order valence-corrected chi connectivity index (χ0v) is 21.3. The van der Waals surface area contributed by atoms with Crippen LogP contribution in [0.3, 0.4) is 0 Å².